The van der Waals surface area contributed by atoms with Gasteiger partial charge >= 0.3 is 17.1 Å². The van der Waals surface area contributed by atoms with E-state index in [0.29, 0.717) is 4.57 Å². The van der Waals surface area contributed by atoms with E-state index in [-0.39, 0.29) is 34.2 Å². The van der Waals surface area contributed by atoms with E-state index >= 15 is 0 Å². The predicted octanol–water partition coefficient (Wildman–Crippen LogP) is -0.0902. The van der Waals surface area contributed by atoms with Gasteiger partial charge in [-0.05, 0) is 19.1 Å². The summed E-state index contributed by atoms with van der Waals surface area (Å²) in [4.78, 5) is 27.9. The van der Waals surface area contributed by atoms with Crippen LogP contribution in [-0.2, 0) is 13.6 Å². The first-order valence-electron chi connectivity index (χ1n) is 7.35. The first kappa shape index (κ1) is 16.6. The Hall–Kier alpha value is -3.30. The molecular formula is C15H14FN5O4. The van der Waals surface area contributed by atoms with Gasteiger partial charge in [0.05, 0.1) is 18.8 Å². The second kappa shape index (κ2) is 5.96. The van der Waals surface area contributed by atoms with Crippen molar-refractivity contribution in [2.75, 3.05) is 7.11 Å². The van der Waals surface area contributed by atoms with Crippen LogP contribution in [0.1, 0.15) is 6.92 Å². The van der Waals surface area contributed by atoms with Crippen molar-refractivity contribution in [3.8, 4) is 28.7 Å². The molecule has 0 saturated heterocycles. The van der Waals surface area contributed by atoms with Crippen LogP contribution in [0.2, 0.25) is 0 Å². The van der Waals surface area contributed by atoms with Crippen LogP contribution in [0.4, 0.5) is 4.39 Å². The number of ether oxygens (including phenoxy) is 1. The lowest BCUT2D eigenvalue weighted by molar-refractivity contribution is -0.587. The van der Waals surface area contributed by atoms with Gasteiger partial charge in [-0.15, -0.1) is 0 Å². The van der Waals surface area contributed by atoms with E-state index in [0.717, 1.165) is 6.07 Å². The molecule has 0 amide bonds. The molecule has 0 saturated carbocycles. The average molecular weight is 347 g/mol. The zero-order valence-electron chi connectivity index (χ0n) is 13.7. The van der Waals surface area contributed by atoms with Gasteiger partial charge in [0.25, 0.3) is 0 Å². The van der Waals surface area contributed by atoms with E-state index in [2.05, 4.69) is 10.1 Å². The quantitative estimate of drug-likeness (QED) is 0.484. The highest BCUT2D eigenvalue weighted by Gasteiger charge is 2.31. The Morgan fingerprint density at radius 3 is 2.72 bits per heavy atom. The predicted molar refractivity (Wildman–Crippen MR) is 84.7 cm³/mol. The molecule has 0 aliphatic carbocycles. The fourth-order valence-electron chi connectivity index (χ4n) is 2.49. The van der Waals surface area contributed by atoms with Gasteiger partial charge in [0.2, 0.25) is 11.5 Å². The highest BCUT2D eigenvalue weighted by Crippen LogP contribution is 2.30. The van der Waals surface area contributed by atoms with Crippen LogP contribution in [0.5, 0.6) is 5.75 Å². The molecule has 0 atom stereocenters. The molecule has 0 spiro atoms. The summed E-state index contributed by atoms with van der Waals surface area (Å²) < 4.78 is 21.5. The van der Waals surface area contributed by atoms with Crippen molar-refractivity contribution in [1.82, 2.24) is 19.3 Å². The molecule has 0 bridgehead atoms. The lowest BCUT2D eigenvalue weighted by atomic mass is 10.1. The monoisotopic (exact) mass is 347 g/mol. The zero-order chi connectivity index (χ0) is 18.3. The lowest BCUT2D eigenvalue weighted by Crippen LogP contribution is -2.47. The highest BCUT2D eigenvalue weighted by atomic mass is 19.1. The van der Waals surface area contributed by atoms with Crippen molar-refractivity contribution in [3.63, 3.8) is 0 Å². The van der Waals surface area contributed by atoms with Gasteiger partial charge in [-0.3, -0.25) is 9.36 Å². The van der Waals surface area contributed by atoms with E-state index in [9.17, 15) is 19.2 Å². The minimum absolute atomic E-state index is 0.0873. The number of aromatic nitrogens is 5. The molecule has 2 aliphatic heterocycles. The molecule has 2 heterocycles. The number of methoxy groups -OCH3 is 1. The molecule has 1 aromatic carbocycles. The van der Waals surface area contributed by atoms with Crippen molar-refractivity contribution in [2.24, 2.45) is 7.05 Å². The molecule has 0 unspecified atom stereocenters. The summed E-state index contributed by atoms with van der Waals surface area (Å²) in [6.07, 6.45) is 0. The Morgan fingerprint density at radius 2 is 2.08 bits per heavy atom. The van der Waals surface area contributed by atoms with Gasteiger partial charge in [-0.25, -0.2) is 13.9 Å². The van der Waals surface area contributed by atoms with Crippen LogP contribution in [0.25, 0.3) is 22.9 Å². The summed E-state index contributed by atoms with van der Waals surface area (Å²) in [7, 11) is 2.53. The van der Waals surface area contributed by atoms with Gasteiger partial charge in [0.1, 0.15) is 17.1 Å². The third kappa shape index (κ3) is 2.42. The summed E-state index contributed by atoms with van der Waals surface area (Å²) in [5, 5.41) is 16.8. The minimum Gasteiger partial charge on any atom is -0.710 e. The first-order valence-corrected chi connectivity index (χ1v) is 7.35. The number of rotatable bonds is 3. The molecule has 10 heteroatoms. The molecule has 25 heavy (non-hydrogen) atoms. The Balaban J connectivity index is 2.52. The molecule has 0 fully saturated rings. The van der Waals surface area contributed by atoms with Gasteiger partial charge in [-0.1, -0.05) is 6.07 Å². The number of fused-ring (bicyclic) bond motifs is 1. The van der Waals surface area contributed by atoms with Gasteiger partial charge in [-0.2, -0.15) is 9.67 Å². The Labute approximate surface area is 140 Å². The van der Waals surface area contributed by atoms with Crippen LogP contribution in [0.3, 0.4) is 0 Å². The summed E-state index contributed by atoms with van der Waals surface area (Å²) in [5.41, 5.74) is -2.24. The Morgan fingerprint density at radius 1 is 1.36 bits per heavy atom. The van der Waals surface area contributed by atoms with Crippen LogP contribution < -0.4 is 20.7 Å². The number of nitrogens with zero attached hydrogens (tertiary/aromatic N) is 5. The summed E-state index contributed by atoms with van der Waals surface area (Å²) in [6, 6.07) is 4.04. The molecule has 0 N–H and O–H groups in total. The third-order valence-electron chi connectivity index (χ3n) is 3.78. The van der Waals surface area contributed by atoms with Crippen LogP contribution >= 0.6 is 0 Å². The highest BCUT2D eigenvalue weighted by molar-refractivity contribution is 5.63. The summed E-state index contributed by atoms with van der Waals surface area (Å²) >= 11 is 0. The third-order valence-corrected chi connectivity index (χ3v) is 3.78. The summed E-state index contributed by atoms with van der Waals surface area (Å²) in [5.74, 6) is -1.17. The topological polar surface area (TPSA) is 106 Å². The van der Waals surface area contributed by atoms with Crippen molar-refractivity contribution in [2.45, 2.75) is 13.5 Å². The summed E-state index contributed by atoms with van der Waals surface area (Å²) in [6.45, 7) is 1.90. The number of aryl methyl sites for hydroxylation is 1. The maximum Gasteiger partial charge on any atom is 0.366 e. The Kier molecular flexibility index (Phi) is 3.95. The number of hydrogen-bond donors (Lipinski definition) is 0. The molecule has 1 aromatic rings. The van der Waals surface area contributed by atoms with E-state index in [1.807, 2.05) is 0 Å². The maximum atomic E-state index is 14.4. The second-order valence-electron chi connectivity index (χ2n) is 5.18. The molecule has 3 rings (SSSR count). The molecule has 130 valence electrons. The van der Waals surface area contributed by atoms with Crippen molar-refractivity contribution < 1.29 is 13.9 Å². The van der Waals surface area contributed by atoms with Gasteiger partial charge in [0.15, 0.2) is 0 Å². The second-order valence-corrected chi connectivity index (χ2v) is 5.18. The fraction of sp³-hybridized carbons (Fsp3) is 0.267. The van der Waals surface area contributed by atoms with Crippen LogP contribution in [0.15, 0.2) is 27.8 Å². The Bertz CT molecular complexity index is 1060. The number of benzene rings is 1. The van der Waals surface area contributed by atoms with Crippen LogP contribution in [0, 0.1) is 11.0 Å². The normalized spacial score (nSPS) is 11.0. The lowest BCUT2D eigenvalue weighted by Gasteiger charge is -2.16. The van der Waals surface area contributed by atoms with E-state index in [1.54, 1.807) is 6.92 Å². The van der Waals surface area contributed by atoms with E-state index < -0.39 is 22.8 Å². The molecule has 0 radical (unpaired) electrons. The zero-order valence-corrected chi connectivity index (χ0v) is 13.7. The van der Waals surface area contributed by atoms with Crippen molar-refractivity contribution in [1.29, 1.82) is 0 Å². The average Bonchev–Trinajstić information content (AvgIpc) is 2.60. The standard InChI is InChI=1S/C15H14FN5O4/c1-4-20-13-11(14(22)19(2)15(23)17-13)21(24)12(18-20)10-8(16)6-5-7-9(10)25-3/h5-7H,4H2,1-3H3. The van der Waals surface area contributed by atoms with E-state index in [4.69, 9.17) is 4.74 Å². The largest absolute Gasteiger partial charge is 0.710 e. The smallest absolute Gasteiger partial charge is 0.366 e. The fourth-order valence-corrected chi connectivity index (χ4v) is 2.49. The molecular weight excluding hydrogens is 333 g/mol. The molecule has 0 aromatic heterocycles. The van der Waals surface area contributed by atoms with Gasteiger partial charge in [0, 0.05) is 7.05 Å². The van der Waals surface area contributed by atoms with Crippen LogP contribution in [-0.4, -0.2) is 26.4 Å². The maximum absolute atomic E-state index is 14.4. The number of hydrogen-bond acceptors (Lipinski definition) is 6. The first-order chi connectivity index (χ1) is 11.9. The molecule has 2 aliphatic rings. The minimum atomic E-state index is -0.842. The van der Waals surface area contributed by atoms with Crippen molar-refractivity contribution >= 4 is 0 Å². The SMILES string of the molecule is CCn1nc(-c2c(F)cccc2OC)[n+]([O-])c2c(=O)n(C)c(=O)nc1-2. The number of halogens is 1. The van der Waals surface area contributed by atoms with E-state index in [1.165, 1.54) is 31.0 Å². The van der Waals surface area contributed by atoms with Crippen molar-refractivity contribution in [3.05, 3.63) is 50.1 Å². The van der Waals surface area contributed by atoms with Gasteiger partial charge < -0.3 is 9.94 Å². The molecule has 9 nitrogen and oxygen atoms in total.